The van der Waals surface area contributed by atoms with Crippen LogP contribution in [0, 0.1) is 10.1 Å². The molecule has 0 fully saturated rings. The Morgan fingerprint density at radius 1 is 1.28 bits per heavy atom. The number of aromatic carboxylic acids is 1. The van der Waals surface area contributed by atoms with Gasteiger partial charge in [0.25, 0.3) is 15.8 Å². The number of non-ortho nitro benzene ring substituents is 1. The van der Waals surface area contributed by atoms with Gasteiger partial charge in [-0.25, -0.2) is 4.79 Å². The molecule has 0 aliphatic carbocycles. The monoisotopic (exact) mass is 325 g/mol. The summed E-state index contributed by atoms with van der Waals surface area (Å²) in [6.45, 7) is 0. The van der Waals surface area contributed by atoms with Gasteiger partial charge in [-0.05, 0) is 6.07 Å². The third-order valence-corrected chi connectivity index (χ3v) is 2.58. The Morgan fingerprint density at radius 3 is 2.11 bits per heavy atom. The fraction of sp³-hybridized carbons (Fsp3) is 0. The van der Waals surface area contributed by atoms with E-state index in [-0.39, 0.29) is 103 Å². The van der Waals surface area contributed by atoms with Gasteiger partial charge in [-0.1, -0.05) is 0 Å². The van der Waals surface area contributed by atoms with Crippen LogP contribution in [-0.2, 0) is 10.1 Å². The smallest absolute Gasteiger partial charge is 0.337 e. The molecule has 1 aromatic rings. The molecule has 0 aliphatic rings. The van der Waals surface area contributed by atoms with Crippen molar-refractivity contribution in [2.45, 2.75) is 4.90 Å². The number of carboxylic acid groups (broad SMARTS) is 1. The van der Waals surface area contributed by atoms with Crippen LogP contribution >= 0.6 is 0 Å². The number of hydrogen-bond donors (Lipinski definition) is 2. The van der Waals surface area contributed by atoms with Gasteiger partial charge in [-0.15, -0.1) is 0 Å². The van der Waals surface area contributed by atoms with E-state index in [0.717, 1.165) is 12.1 Å². The fourth-order valence-electron chi connectivity index (χ4n) is 1.01. The molecule has 1 rings (SSSR count). The second-order valence-corrected chi connectivity index (χ2v) is 4.11. The zero-order valence-corrected chi connectivity index (χ0v) is 16.6. The van der Waals surface area contributed by atoms with E-state index < -0.39 is 37.2 Å². The van der Waals surface area contributed by atoms with Gasteiger partial charge in [0.1, 0.15) is 4.90 Å². The van der Waals surface area contributed by atoms with Gasteiger partial charge >= 0.3 is 5.97 Å². The molecule has 0 unspecified atom stereocenters. The van der Waals surface area contributed by atoms with Gasteiger partial charge < -0.3 is 5.11 Å². The summed E-state index contributed by atoms with van der Waals surface area (Å²) in [6.07, 6.45) is 0. The predicted octanol–water partition coefficient (Wildman–Crippen LogP) is -0.222. The predicted molar refractivity (Wildman–Crippen MR) is 61.4 cm³/mol. The Bertz CT molecular complexity index is 571. The van der Waals surface area contributed by atoms with Gasteiger partial charge in [0, 0.05) is 115 Å². The Balaban J connectivity index is 0. The van der Waals surface area contributed by atoms with Crippen molar-refractivity contribution in [3.05, 3.63) is 33.9 Å². The van der Waals surface area contributed by atoms with Crippen molar-refractivity contribution < 1.29 is 27.8 Å². The molecule has 0 saturated carbocycles. The van der Waals surface area contributed by atoms with E-state index in [0.29, 0.717) is 6.07 Å². The molecule has 8 nitrogen and oxygen atoms in total. The summed E-state index contributed by atoms with van der Waals surface area (Å²) in [5, 5.41) is 19.0. The van der Waals surface area contributed by atoms with E-state index in [2.05, 4.69) is 0 Å². The third-order valence-electron chi connectivity index (χ3n) is 1.68. The molecule has 0 atom stereocenters. The Labute approximate surface area is 187 Å². The average molecular weight is 325 g/mol. The summed E-state index contributed by atoms with van der Waals surface area (Å²) in [5.41, 5.74) is -1.36. The third kappa shape index (κ3) is 5.72. The Hall–Kier alpha value is 1.27. The van der Waals surface area contributed by atoms with Gasteiger partial charge in [0.15, 0.2) is 0 Å². The minimum absolute atomic E-state index is 0. The number of carbonyl (C=O) groups is 1. The van der Waals surface area contributed by atoms with E-state index in [4.69, 9.17) is 9.66 Å². The van der Waals surface area contributed by atoms with Crippen LogP contribution in [0.15, 0.2) is 23.1 Å². The first kappa shape index (κ1) is 21.6. The number of nitro benzene ring substituents is 1. The SMILES string of the molecule is O=C(O)c1ccc([N+](=O)[O-])cc1S(=O)(=O)O.[K].[K]. The van der Waals surface area contributed by atoms with Crippen molar-refractivity contribution in [3.63, 3.8) is 0 Å². The molecule has 0 aromatic heterocycles. The largest absolute Gasteiger partial charge is 0.478 e. The molecule has 0 aliphatic heterocycles. The minimum Gasteiger partial charge on any atom is -0.478 e. The van der Waals surface area contributed by atoms with E-state index in [1.807, 2.05) is 0 Å². The van der Waals surface area contributed by atoms with Gasteiger partial charge in [-0.3, -0.25) is 14.7 Å². The quantitative estimate of drug-likeness (QED) is 0.339. The van der Waals surface area contributed by atoms with E-state index in [1.54, 1.807) is 0 Å². The standard InChI is InChI=1S/C7H5NO7S.2K/c9-7(10)5-2-1-4(8(11)12)3-6(5)16(13,14)15;;/h1-3H,(H,9,10)(H,13,14,15);;. The van der Waals surface area contributed by atoms with Crippen molar-refractivity contribution in [2.24, 2.45) is 0 Å². The van der Waals surface area contributed by atoms with E-state index >= 15 is 0 Å². The molecular weight excluding hydrogens is 320 g/mol. The maximum absolute atomic E-state index is 10.8. The second-order valence-electron chi connectivity index (χ2n) is 2.72. The van der Waals surface area contributed by atoms with Crippen LogP contribution in [0.5, 0.6) is 0 Å². The summed E-state index contributed by atoms with van der Waals surface area (Å²) in [4.78, 5) is 19.0. The maximum Gasteiger partial charge on any atom is 0.337 e. The van der Waals surface area contributed by atoms with Crippen LogP contribution in [0.3, 0.4) is 0 Å². The molecule has 88 valence electrons. The van der Waals surface area contributed by atoms with Gasteiger partial charge in [-0.2, -0.15) is 8.42 Å². The average Bonchev–Trinajstić information content (AvgIpc) is 2.15. The van der Waals surface area contributed by atoms with Crippen molar-refractivity contribution in [3.8, 4) is 0 Å². The number of hydrogen-bond acceptors (Lipinski definition) is 5. The molecule has 2 radical (unpaired) electrons. The summed E-state index contributed by atoms with van der Waals surface area (Å²) in [6, 6.07) is 2.06. The van der Waals surface area contributed by atoms with Crippen LogP contribution in [0.2, 0.25) is 0 Å². The van der Waals surface area contributed by atoms with Crippen LogP contribution in [-0.4, -0.2) is 132 Å². The molecule has 0 spiro atoms. The first-order valence-corrected chi connectivity index (χ1v) is 5.16. The van der Waals surface area contributed by atoms with Crippen molar-refractivity contribution >= 4 is 125 Å². The number of carboxylic acids is 1. The summed E-state index contributed by atoms with van der Waals surface area (Å²) in [7, 11) is -4.82. The van der Waals surface area contributed by atoms with E-state index in [1.165, 1.54) is 0 Å². The number of nitrogens with zero attached hydrogens (tertiary/aromatic N) is 1. The van der Waals surface area contributed by atoms with Gasteiger partial charge in [0.2, 0.25) is 0 Å². The molecule has 11 heteroatoms. The molecule has 0 amide bonds. The number of benzene rings is 1. The van der Waals surface area contributed by atoms with Gasteiger partial charge in [0.05, 0.1) is 10.5 Å². The second kappa shape index (κ2) is 8.54. The molecular formula is C7H5K2NO7S. The van der Waals surface area contributed by atoms with E-state index in [9.17, 15) is 23.3 Å². The molecule has 18 heavy (non-hydrogen) atoms. The van der Waals surface area contributed by atoms with Crippen molar-refractivity contribution in [1.82, 2.24) is 0 Å². The van der Waals surface area contributed by atoms with Crippen molar-refractivity contribution in [2.75, 3.05) is 0 Å². The van der Waals surface area contributed by atoms with Crippen LogP contribution < -0.4 is 0 Å². The first-order chi connectivity index (χ1) is 7.23. The molecule has 2 N–H and O–H groups in total. The first-order valence-electron chi connectivity index (χ1n) is 3.72. The summed E-state index contributed by atoms with van der Waals surface area (Å²) < 4.78 is 30.3. The maximum atomic E-state index is 10.8. The minimum atomic E-state index is -4.82. The molecule has 0 heterocycles. The van der Waals surface area contributed by atoms with Crippen LogP contribution in [0.25, 0.3) is 0 Å². The molecule has 0 bridgehead atoms. The van der Waals surface area contributed by atoms with Crippen molar-refractivity contribution in [1.29, 1.82) is 0 Å². The fourth-order valence-corrected chi connectivity index (χ4v) is 1.72. The Morgan fingerprint density at radius 2 is 1.78 bits per heavy atom. The number of nitro groups is 1. The topological polar surface area (TPSA) is 135 Å². The summed E-state index contributed by atoms with van der Waals surface area (Å²) in [5.74, 6) is -1.61. The zero-order valence-electron chi connectivity index (χ0n) is 9.52. The van der Waals surface area contributed by atoms with Crippen LogP contribution in [0.4, 0.5) is 5.69 Å². The summed E-state index contributed by atoms with van der Waals surface area (Å²) >= 11 is 0. The molecule has 0 saturated heterocycles. The van der Waals surface area contributed by atoms with Crippen LogP contribution in [0.1, 0.15) is 10.4 Å². The molecule has 1 aromatic carbocycles. The number of rotatable bonds is 3. The Kier molecular flexibility index (Phi) is 10.2. The normalized spacial score (nSPS) is 9.83. The zero-order chi connectivity index (χ0) is 12.5.